The Kier molecular flexibility index (Phi) is 7.76. The van der Waals surface area contributed by atoms with E-state index in [1.807, 2.05) is 5.32 Å². The molecule has 0 aliphatic heterocycles. The van der Waals surface area contributed by atoms with Gasteiger partial charge >= 0.3 is 18.6 Å². The molecular weight excluding hydrogens is 354 g/mol. The van der Waals surface area contributed by atoms with Crippen LogP contribution in [0.3, 0.4) is 0 Å². The van der Waals surface area contributed by atoms with E-state index in [2.05, 4.69) is 10.1 Å². The van der Waals surface area contributed by atoms with E-state index in [1.165, 1.54) is 20.1 Å². The van der Waals surface area contributed by atoms with E-state index in [0.717, 1.165) is 12.1 Å². The van der Waals surface area contributed by atoms with Crippen molar-refractivity contribution >= 4 is 17.9 Å². The highest BCUT2D eigenvalue weighted by molar-refractivity contribution is 5.98. The number of esters is 1. The molecule has 1 aromatic carbocycles. The highest BCUT2D eigenvalue weighted by Gasteiger charge is 2.22. The summed E-state index contributed by atoms with van der Waals surface area (Å²) in [7, 11) is 1.21. The molecule has 0 saturated heterocycles. The lowest BCUT2D eigenvalue weighted by atomic mass is 10.2. The van der Waals surface area contributed by atoms with Crippen LogP contribution in [0.4, 0.5) is 13.6 Å². The molecule has 0 heterocycles. The van der Waals surface area contributed by atoms with Gasteiger partial charge in [-0.1, -0.05) is 0 Å². The summed E-state index contributed by atoms with van der Waals surface area (Å²) >= 11 is 0. The van der Waals surface area contributed by atoms with Gasteiger partial charge < -0.3 is 19.5 Å². The number of ether oxygens (including phenoxy) is 3. The number of urea groups is 1. The van der Waals surface area contributed by atoms with Crippen molar-refractivity contribution in [2.24, 2.45) is 0 Å². The molecule has 0 aliphatic carbocycles. The lowest BCUT2D eigenvalue weighted by molar-refractivity contribution is -0.127. The second-order valence-corrected chi connectivity index (χ2v) is 5.41. The Balaban J connectivity index is 2.74. The highest BCUT2D eigenvalue weighted by atomic mass is 19.3. The summed E-state index contributed by atoms with van der Waals surface area (Å²) in [4.78, 5) is 35.4. The zero-order chi connectivity index (χ0) is 19.9. The van der Waals surface area contributed by atoms with Crippen molar-refractivity contribution in [3.8, 4) is 11.5 Å². The molecule has 0 aromatic heterocycles. The Bertz CT molecular complexity index is 666. The van der Waals surface area contributed by atoms with E-state index in [0.29, 0.717) is 0 Å². The van der Waals surface area contributed by atoms with E-state index in [4.69, 9.17) is 9.47 Å². The van der Waals surface area contributed by atoms with Crippen molar-refractivity contribution in [1.82, 2.24) is 10.6 Å². The second kappa shape index (κ2) is 9.54. The third-order valence-electron chi connectivity index (χ3n) is 2.92. The average Bonchev–Trinajstić information content (AvgIpc) is 2.53. The number of benzene rings is 1. The summed E-state index contributed by atoms with van der Waals surface area (Å²) < 4.78 is 38.7. The lowest BCUT2D eigenvalue weighted by Crippen LogP contribution is -2.46. The van der Waals surface area contributed by atoms with Crippen molar-refractivity contribution in [1.29, 1.82) is 0 Å². The van der Waals surface area contributed by atoms with Crippen molar-refractivity contribution in [3.05, 3.63) is 23.8 Å². The molecule has 26 heavy (non-hydrogen) atoms. The molecule has 3 amide bonds. The number of carbonyl (C=O) groups excluding carboxylic acids is 3. The molecule has 1 aromatic rings. The first kappa shape index (κ1) is 21.1. The smallest absolute Gasteiger partial charge is 0.387 e. The molecule has 0 spiro atoms. The predicted octanol–water partition coefficient (Wildman–Crippen LogP) is 2.08. The van der Waals surface area contributed by atoms with Crippen molar-refractivity contribution in [2.45, 2.75) is 39.5 Å². The van der Waals surface area contributed by atoms with Crippen molar-refractivity contribution in [2.75, 3.05) is 7.11 Å². The van der Waals surface area contributed by atoms with E-state index < -0.39 is 30.6 Å². The largest absolute Gasteiger partial charge is 0.493 e. The van der Waals surface area contributed by atoms with Crippen LogP contribution < -0.4 is 20.1 Å². The van der Waals surface area contributed by atoms with Crippen molar-refractivity contribution < 1.29 is 37.4 Å². The average molecular weight is 374 g/mol. The molecule has 8 nitrogen and oxygen atoms in total. The van der Waals surface area contributed by atoms with Crippen LogP contribution in [-0.2, 0) is 9.53 Å². The number of nitrogens with one attached hydrogen (secondary N) is 2. The molecule has 10 heteroatoms. The Morgan fingerprint density at radius 2 is 1.73 bits per heavy atom. The van der Waals surface area contributed by atoms with Crippen LogP contribution in [0.15, 0.2) is 18.2 Å². The number of methoxy groups -OCH3 is 1. The Morgan fingerprint density at radius 3 is 2.27 bits per heavy atom. The quantitative estimate of drug-likeness (QED) is 0.709. The summed E-state index contributed by atoms with van der Waals surface area (Å²) in [5, 5.41) is 4.47. The lowest BCUT2D eigenvalue weighted by Gasteiger charge is -2.15. The molecule has 0 bridgehead atoms. The molecule has 0 fully saturated rings. The first-order valence-electron chi connectivity index (χ1n) is 7.59. The number of hydrogen-bond acceptors (Lipinski definition) is 6. The van der Waals surface area contributed by atoms with Gasteiger partial charge in [-0.05, 0) is 39.0 Å². The summed E-state index contributed by atoms with van der Waals surface area (Å²) in [6.07, 6.45) is -1.26. The molecule has 0 aliphatic rings. The maximum atomic E-state index is 12.3. The second-order valence-electron chi connectivity index (χ2n) is 5.41. The zero-order valence-electron chi connectivity index (χ0n) is 14.7. The fourth-order valence-corrected chi connectivity index (χ4v) is 1.78. The predicted molar refractivity (Wildman–Crippen MR) is 86.3 cm³/mol. The van der Waals surface area contributed by atoms with E-state index in [9.17, 15) is 23.2 Å². The van der Waals surface area contributed by atoms with Gasteiger partial charge in [-0.3, -0.25) is 10.1 Å². The monoisotopic (exact) mass is 374 g/mol. The van der Waals surface area contributed by atoms with Gasteiger partial charge in [0.15, 0.2) is 17.6 Å². The molecule has 1 atom stereocenters. The summed E-state index contributed by atoms with van der Waals surface area (Å²) in [6.45, 7) is 1.65. The Hall–Kier alpha value is -2.91. The summed E-state index contributed by atoms with van der Waals surface area (Å²) in [6, 6.07) is 2.53. The van der Waals surface area contributed by atoms with E-state index in [1.54, 1.807) is 13.8 Å². The van der Waals surface area contributed by atoms with Crippen LogP contribution in [0.25, 0.3) is 0 Å². The van der Waals surface area contributed by atoms with Crippen LogP contribution in [0.5, 0.6) is 11.5 Å². The molecule has 2 N–H and O–H groups in total. The summed E-state index contributed by atoms with van der Waals surface area (Å²) in [5.41, 5.74) is -0.0465. The number of alkyl halides is 2. The standard InChI is InChI=1S/C16H20F2N2O6/c1-8(2)19-16(23)20-13(21)9(3)25-14(22)10-5-6-11(26-15(17)18)12(7-10)24-4/h5-9,15H,1-4H3,(H2,19,20,21,23)/t9-/m0/s1. The number of carbonyl (C=O) groups is 3. The minimum atomic E-state index is -3.05. The Labute approximate surface area is 148 Å². The minimum absolute atomic E-state index is 0.0465. The van der Waals surface area contributed by atoms with Gasteiger partial charge in [0.25, 0.3) is 5.91 Å². The zero-order valence-corrected chi connectivity index (χ0v) is 14.7. The molecular formula is C16H20F2N2O6. The number of halogens is 2. The van der Waals surface area contributed by atoms with Gasteiger partial charge in [0.1, 0.15) is 0 Å². The Morgan fingerprint density at radius 1 is 1.08 bits per heavy atom. The SMILES string of the molecule is COc1cc(C(=O)O[C@@H](C)C(=O)NC(=O)NC(C)C)ccc1OC(F)F. The van der Waals surface area contributed by atoms with Gasteiger partial charge in [0.2, 0.25) is 0 Å². The fraction of sp³-hybridized carbons (Fsp3) is 0.438. The number of hydrogen-bond donors (Lipinski definition) is 2. The van der Waals surface area contributed by atoms with Gasteiger partial charge in [0.05, 0.1) is 12.7 Å². The van der Waals surface area contributed by atoms with Crippen LogP contribution >= 0.6 is 0 Å². The number of amides is 3. The molecule has 0 unspecified atom stereocenters. The van der Waals surface area contributed by atoms with Crippen LogP contribution in [-0.4, -0.2) is 43.8 Å². The highest BCUT2D eigenvalue weighted by Crippen LogP contribution is 2.29. The number of imide groups is 1. The molecule has 144 valence electrons. The molecule has 0 radical (unpaired) electrons. The maximum Gasteiger partial charge on any atom is 0.387 e. The van der Waals surface area contributed by atoms with Crippen LogP contribution in [0, 0.1) is 0 Å². The van der Waals surface area contributed by atoms with E-state index in [-0.39, 0.29) is 23.1 Å². The topological polar surface area (TPSA) is 103 Å². The van der Waals surface area contributed by atoms with Gasteiger partial charge in [-0.15, -0.1) is 0 Å². The first-order valence-corrected chi connectivity index (χ1v) is 7.59. The van der Waals surface area contributed by atoms with Gasteiger partial charge in [-0.25, -0.2) is 9.59 Å². The molecule has 0 saturated carbocycles. The molecule has 1 rings (SSSR count). The fourth-order valence-electron chi connectivity index (χ4n) is 1.78. The summed E-state index contributed by atoms with van der Waals surface area (Å²) in [5.74, 6) is -2.08. The maximum absolute atomic E-state index is 12.3. The van der Waals surface area contributed by atoms with Crippen molar-refractivity contribution in [3.63, 3.8) is 0 Å². The van der Waals surface area contributed by atoms with Gasteiger partial charge in [-0.2, -0.15) is 8.78 Å². The number of rotatable bonds is 7. The normalized spacial score (nSPS) is 11.7. The minimum Gasteiger partial charge on any atom is -0.493 e. The van der Waals surface area contributed by atoms with E-state index >= 15 is 0 Å². The third kappa shape index (κ3) is 6.54. The third-order valence-corrected chi connectivity index (χ3v) is 2.92. The first-order chi connectivity index (χ1) is 12.1. The van der Waals surface area contributed by atoms with Crippen LogP contribution in [0.1, 0.15) is 31.1 Å². The van der Waals surface area contributed by atoms with Gasteiger partial charge in [0, 0.05) is 6.04 Å². The van der Waals surface area contributed by atoms with Crippen LogP contribution in [0.2, 0.25) is 0 Å².